The van der Waals surface area contributed by atoms with Gasteiger partial charge in [0, 0.05) is 10.5 Å². The van der Waals surface area contributed by atoms with Crippen molar-refractivity contribution in [2.45, 2.75) is 32.7 Å². The molecule has 0 aromatic heterocycles. The molecular weight excluding hydrogens is 257 g/mol. The Labute approximate surface area is 99.2 Å². The number of halogens is 2. The molecule has 0 spiro atoms. The second kappa shape index (κ2) is 6.23. The van der Waals surface area contributed by atoms with Crippen molar-refractivity contribution in [3.8, 4) is 0 Å². The highest BCUT2D eigenvalue weighted by Gasteiger charge is 2.02. The van der Waals surface area contributed by atoms with Crippen LogP contribution in [0.2, 0.25) is 0 Å². The summed E-state index contributed by atoms with van der Waals surface area (Å²) in [6.45, 7) is 5.16. The smallest absolute Gasteiger partial charge is 0.126 e. The number of hydrogen-bond donors (Lipinski definition) is 1. The number of benzene rings is 1. The monoisotopic (exact) mass is 273 g/mol. The molecule has 3 heteroatoms. The molecule has 1 nitrogen and oxygen atoms in total. The van der Waals surface area contributed by atoms with Crippen molar-refractivity contribution in [1.29, 1.82) is 0 Å². The SMILES string of the molecule is CC(C)NCCCc1cc(Br)ccc1F. The van der Waals surface area contributed by atoms with Gasteiger partial charge in [0.15, 0.2) is 0 Å². The molecule has 1 rings (SSSR count). The normalized spacial score (nSPS) is 11.0. The lowest BCUT2D eigenvalue weighted by Gasteiger charge is -2.08. The van der Waals surface area contributed by atoms with Gasteiger partial charge in [0.2, 0.25) is 0 Å². The van der Waals surface area contributed by atoms with E-state index in [2.05, 4.69) is 35.1 Å². The van der Waals surface area contributed by atoms with E-state index >= 15 is 0 Å². The Morgan fingerprint density at radius 1 is 1.40 bits per heavy atom. The molecule has 15 heavy (non-hydrogen) atoms. The summed E-state index contributed by atoms with van der Waals surface area (Å²) in [5, 5.41) is 3.32. The summed E-state index contributed by atoms with van der Waals surface area (Å²) in [5.41, 5.74) is 0.787. The third-order valence-corrected chi connectivity index (χ3v) is 2.68. The van der Waals surface area contributed by atoms with Crippen molar-refractivity contribution in [3.05, 3.63) is 34.1 Å². The van der Waals surface area contributed by atoms with Gasteiger partial charge >= 0.3 is 0 Å². The number of nitrogens with one attached hydrogen (secondary N) is 1. The van der Waals surface area contributed by atoms with E-state index < -0.39 is 0 Å². The van der Waals surface area contributed by atoms with Crippen LogP contribution >= 0.6 is 15.9 Å². The van der Waals surface area contributed by atoms with E-state index in [1.165, 1.54) is 6.07 Å². The Morgan fingerprint density at radius 3 is 2.80 bits per heavy atom. The first-order chi connectivity index (χ1) is 7.09. The zero-order valence-corrected chi connectivity index (χ0v) is 10.8. The van der Waals surface area contributed by atoms with Crippen molar-refractivity contribution < 1.29 is 4.39 Å². The lowest BCUT2D eigenvalue weighted by atomic mass is 10.1. The highest BCUT2D eigenvalue weighted by molar-refractivity contribution is 9.10. The van der Waals surface area contributed by atoms with Gasteiger partial charge < -0.3 is 5.32 Å². The zero-order chi connectivity index (χ0) is 11.3. The molecule has 0 amide bonds. The van der Waals surface area contributed by atoms with Gasteiger partial charge in [-0.1, -0.05) is 29.8 Å². The molecule has 0 aliphatic rings. The molecule has 0 radical (unpaired) electrons. The molecule has 0 unspecified atom stereocenters. The average Bonchev–Trinajstić information content (AvgIpc) is 2.17. The van der Waals surface area contributed by atoms with Gasteiger partial charge in [-0.15, -0.1) is 0 Å². The third-order valence-electron chi connectivity index (χ3n) is 2.18. The first-order valence-corrected chi connectivity index (χ1v) is 6.06. The minimum atomic E-state index is -0.109. The lowest BCUT2D eigenvalue weighted by molar-refractivity contribution is 0.558. The van der Waals surface area contributed by atoms with Gasteiger partial charge in [-0.05, 0) is 43.1 Å². The summed E-state index contributed by atoms with van der Waals surface area (Å²) in [4.78, 5) is 0. The Kier molecular flexibility index (Phi) is 5.26. The number of hydrogen-bond acceptors (Lipinski definition) is 1. The molecule has 0 atom stereocenters. The predicted molar refractivity (Wildman–Crippen MR) is 65.6 cm³/mol. The van der Waals surface area contributed by atoms with Crippen LogP contribution in [0.5, 0.6) is 0 Å². The third kappa shape index (κ3) is 4.76. The van der Waals surface area contributed by atoms with Gasteiger partial charge in [0.25, 0.3) is 0 Å². The fourth-order valence-corrected chi connectivity index (χ4v) is 1.81. The molecule has 0 saturated heterocycles. The van der Waals surface area contributed by atoms with Crippen LogP contribution in [-0.2, 0) is 6.42 Å². The van der Waals surface area contributed by atoms with E-state index in [0.29, 0.717) is 6.04 Å². The van der Waals surface area contributed by atoms with Crippen molar-refractivity contribution in [1.82, 2.24) is 5.32 Å². The topological polar surface area (TPSA) is 12.0 Å². The van der Waals surface area contributed by atoms with Crippen LogP contribution in [0.1, 0.15) is 25.8 Å². The van der Waals surface area contributed by atoms with Crippen LogP contribution in [0, 0.1) is 5.82 Å². The molecule has 1 aromatic rings. The van der Waals surface area contributed by atoms with Gasteiger partial charge in [0.05, 0.1) is 0 Å². The van der Waals surface area contributed by atoms with E-state index in [-0.39, 0.29) is 5.82 Å². The molecule has 84 valence electrons. The second-order valence-corrected chi connectivity index (χ2v) is 4.86. The summed E-state index contributed by atoms with van der Waals surface area (Å²) >= 11 is 3.35. The predicted octanol–water partition coefficient (Wildman–Crippen LogP) is 3.52. The maximum Gasteiger partial charge on any atom is 0.126 e. The first-order valence-electron chi connectivity index (χ1n) is 5.27. The van der Waals surface area contributed by atoms with Crippen LogP contribution in [0.3, 0.4) is 0 Å². The van der Waals surface area contributed by atoms with Crippen molar-refractivity contribution in [2.75, 3.05) is 6.54 Å². The first kappa shape index (κ1) is 12.7. The Hall–Kier alpha value is -0.410. The fraction of sp³-hybridized carbons (Fsp3) is 0.500. The van der Waals surface area contributed by atoms with Gasteiger partial charge in [-0.3, -0.25) is 0 Å². The lowest BCUT2D eigenvalue weighted by Crippen LogP contribution is -2.24. The summed E-state index contributed by atoms with van der Waals surface area (Å²) in [6.07, 6.45) is 1.75. The molecule has 0 bridgehead atoms. The minimum absolute atomic E-state index is 0.109. The molecule has 1 N–H and O–H groups in total. The molecule has 0 fully saturated rings. The second-order valence-electron chi connectivity index (χ2n) is 3.95. The molecule has 1 aromatic carbocycles. The molecular formula is C12H17BrFN. The van der Waals surface area contributed by atoms with E-state index in [1.807, 2.05) is 6.07 Å². The van der Waals surface area contributed by atoms with Crippen molar-refractivity contribution >= 4 is 15.9 Å². The Morgan fingerprint density at radius 2 is 2.13 bits per heavy atom. The Bertz CT molecular complexity index is 312. The van der Waals surface area contributed by atoms with E-state index in [4.69, 9.17) is 0 Å². The largest absolute Gasteiger partial charge is 0.315 e. The summed E-state index contributed by atoms with van der Waals surface area (Å²) in [6, 6.07) is 5.59. The highest BCUT2D eigenvalue weighted by Crippen LogP contribution is 2.16. The van der Waals surface area contributed by atoms with Crippen LogP contribution in [0.15, 0.2) is 22.7 Å². The minimum Gasteiger partial charge on any atom is -0.315 e. The summed E-state index contributed by atoms with van der Waals surface area (Å²) in [5.74, 6) is -0.109. The van der Waals surface area contributed by atoms with E-state index in [9.17, 15) is 4.39 Å². The van der Waals surface area contributed by atoms with Crippen LogP contribution < -0.4 is 5.32 Å². The number of aryl methyl sites for hydroxylation is 1. The van der Waals surface area contributed by atoms with Crippen molar-refractivity contribution in [3.63, 3.8) is 0 Å². The zero-order valence-electron chi connectivity index (χ0n) is 9.19. The molecule has 0 aliphatic heterocycles. The maximum absolute atomic E-state index is 13.3. The van der Waals surface area contributed by atoms with E-state index in [1.54, 1.807) is 6.07 Å². The summed E-state index contributed by atoms with van der Waals surface area (Å²) < 4.78 is 14.3. The maximum atomic E-state index is 13.3. The van der Waals surface area contributed by atoms with Crippen LogP contribution in [-0.4, -0.2) is 12.6 Å². The van der Waals surface area contributed by atoms with Gasteiger partial charge in [-0.25, -0.2) is 4.39 Å². The van der Waals surface area contributed by atoms with E-state index in [0.717, 1.165) is 29.4 Å². The van der Waals surface area contributed by atoms with Gasteiger partial charge in [-0.2, -0.15) is 0 Å². The standard InChI is InChI=1S/C12H17BrFN/c1-9(2)15-7-3-4-10-8-11(13)5-6-12(10)14/h5-6,8-9,15H,3-4,7H2,1-2H3. The summed E-state index contributed by atoms with van der Waals surface area (Å²) in [7, 11) is 0. The van der Waals surface area contributed by atoms with Crippen molar-refractivity contribution in [2.24, 2.45) is 0 Å². The molecule has 0 heterocycles. The van der Waals surface area contributed by atoms with Crippen LogP contribution in [0.25, 0.3) is 0 Å². The Balaban J connectivity index is 2.40. The molecule has 0 aliphatic carbocycles. The van der Waals surface area contributed by atoms with Crippen LogP contribution in [0.4, 0.5) is 4.39 Å². The highest BCUT2D eigenvalue weighted by atomic mass is 79.9. The fourth-order valence-electron chi connectivity index (χ4n) is 1.40. The molecule has 0 saturated carbocycles. The number of rotatable bonds is 5. The average molecular weight is 274 g/mol. The quantitative estimate of drug-likeness (QED) is 0.810. The van der Waals surface area contributed by atoms with Gasteiger partial charge in [0.1, 0.15) is 5.82 Å².